The second kappa shape index (κ2) is 5.85. The second-order valence-corrected chi connectivity index (χ2v) is 8.62. The molecule has 1 saturated heterocycles. The van der Waals surface area contributed by atoms with E-state index in [-0.39, 0.29) is 6.04 Å². The maximum Gasteiger partial charge on any atom is 0.242 e. The van der Waals surface area contributed by atoms with E-state index in [1.807, 2.05) is 13.0 Å². The van der Waals surface area contributed by atoms with Crippen LogP contribution in [0.3, 0.4) is 0 Å². The van der Waals surface area contributed by atoms with Crippen LogP contribution in [0.2, 0.25) is 5.02 Å². The van der Waals surface area contributed by atoms with Crippen molar-refractivity contribution in [2.24, 2.45) is 0 Å². The number of fused-ring (bicyclic) bond motifs is 1. The van der Waals surface area contributed by atoms with Crippen LogP contribution in [0.5, 0.6) is 0 Å². The number of aryl methyl sites for hydroxylation is 1. The number of sulfonamides is 1. The zero-order valence-corrected chi connectivity index (χ0v) is 14.0. The number of nitrogens with one attached hydrogen (secondary N) is 2. The average Bonchev–Trinajstić information content (AvgIpc) is 2.75. The van der Waals surface area contributed by atoms with E-state index >= 15 is 0 Å². The van der Waals surface area contributed by atoms with Crippen molar-refractivity contribution in [1.29, 1.82) is 0 Å². The molecule has 21 heavy (non-hydrogen) atoms. The van der Waals surface area contributed by atoms with Crippen molar-refractivity contribution >= 4 is 43.0 Å². The first-order chi connectivity index (χ1) is 9.97. The molecule has 0 aliphatic carbocycles. The second-order valence-electron chi connectivity index (χ2n) is 5.27. The number of halogens is 1. The summed E-state index contributed by atoms with van der Waals surface area (Å²) in [5, 5.41) is 4.50. The van der Waals surface area contributed by atoms with Gasteiger partial charge in [-0.15, -0.1) is 11.3 Å². The molecule has 2 aromatic rings. The van der Waals surface area contributed by atoms with Crippen molar-refractivity contribution in [2.75, 3.05) is 13.1 Å². The average molecular weight is 345 g/mol. The molecule has 0 radical (unpaired) electrons. The Balaban J connectivity index is 2.01. The molecule has 1 aromatic carbocycles. The van der Waals surface area contributed by atoms with Gasteiger partial charge >= 0.3 is 0 Å². The predicted molar refractivity (Wildman–Crippen MR) is 87.8 cm³/mol. The minimum absolute atomic E-state index is 0.00443. The molecule has 0 spiro atoms. The summed E-state index contributed by atoms with van der Waals surface area (Å²) in [5.74, 6) is 0. The predicted octanol–water partition coefficient (Wildman–Crippen LogP) is 2.89. The minimum Gasteiger partial charge on any atom is -0.317 e. The molecule has 1 aromatic heterocycles. The van der Waals surface area contributed by atoms with E-state index in [2.05, 4.69) is 10.0 Å². The highest BCUT2D eigenvalue weighted by atomic mass is 35.5. The van der Waals surface area contributed by atoms with Crippen molar-refractivity contribution in [1.82, 2.24) is 10.0 Å². The maximum atomic E-state index is 12.7. The summed E-state index contributed by atoms with van der Waals surface area (Å²) in [6.45, 7) is 3.54. The monoisotopic (exact) mass is 344 g/mol. The van der Waals surface area contributed by atoms with Gasteiger partial charge in [-0.2, -0.15) is 0 Å². The van der Waals surface area contributed by atoms with Crippen LogP contribution in [0.15, 0.2) is 23.1 Å². The fourth-order valence-electron chi connectivity index (χ4n) is 2.72. The quantitative estimate of drug-likeness (QED) is 0.900. The molecule has 3 rings (SSSR count). The van der Waals surface area contributed by atoms with Crippen LogP contribution in [-0.2, 0) is 10.0 Å². The van der Waals surface area contributed by atoms with Crippen LogP contribution < -0.4 is 10.0 Å². The van der Waals surface area contributed by atoms with Gasteiger partial charge in [-0.1, -0.05) is 11.6 Å². The summed E-state index contributed by atoms with van der Waals surface area (Å²) in [7, 11) is -3.52. The summed E-state index contributed by atoms with van der Waals surface area (Å²) in [6.07, 6.45) is 1.64. The molecule has 4 nitrogen and oxygen atoms in total. The highest BCUT2D eigenvalue weighted by molar-refractivity contribution is 7.90. The number of thiophene rings is 1. The lowest BCUT2D eigenvalue weighted by Crippen LogP contribution is -2.42. The Morgan fingerprint density at radius 3 is 2.76 bits per heavy atom. The molecule has 114 valence electrons. The van der Waals surface area contributed by atoms with Gasteiger partial charge < -0.3 is 5.32 Å². The van der Waals surface area contributed by atoms with Crippen LogP contribution >= 0.6 is 22.9 Å². The van der Waals surface area contributed by atoms with Gasteiger partial charge in [-0.25, -0.2) is 13.1 Å². The fraction of sp³-hybridized carbons (Fsp3) is 0.429. The Morgan fingerprint density at radius 2 is 2.05 bits per heavy atom. The van der Waals surface area contributed by atoms with Crippen molar-refractivity contribution < 1.29 is 8.42 Å². The molecule has 0 amide bonds. The molecule has 2 heterocycles. The third kappa shape index (κ3) is 3.10. The molecule has 7 heteroatoms. The third-order valence-electron chi connectivity index (χ3n) is 3.70. The highest BCUT2D eigenvalue weighted by Gasteiger charge is 2.26. The Hall–Kier alpha value is -0.660. The summed E-state index contributed by atoms with van der Waals surface area (Å²) in [5.41, 5.74) is 0. The smallest absolute Gasteiger partial charge is 0.242 e. The third-order valence-corrected chi connectivity index (χ3v) is 6.86. The Morgan fingerprint density at radius 1 is 1.33 bits per heavy atom. The van der Waals surface area contributed by atoms with Gasteiger partial charge in [0.15, 0.2) is 0 Å². The molecular weight excluding hydrogens is 328 g/mol. The van der Waals surface area contributed by atoms with E-state index in [1.54, 1.807) is 12.1 Å². The van der Waals surface area contributed by atoms with Crippen molar-refractivity contribution in [3.63, 3.8) is 0 Å². The molecule has 0 unspecified atom stereocenters. The molecule has 0 atom stereocenters. The van der Waals surface area contributed by atoms with Crippen molar-refractivity contribution in [3.8, 4) is 0 Å². The largest absolute Gasteiger partial charge is 0.317 e. The van der Waals surface area contributed by atoms with Gasteiger partial charge in [0.1, 0.15) is 4.90 Å². The molecular formula is C14H17ClN2O2S2. The maximum absolute atomic E-state index is 12.7. The molecule has 0 saturated carbocycles. The van der Waals surface area contributed by atoms with E-state index < -0.39 is 10.0 Å². The zero-order chi connectivity index (χ0) is 15.0. The van der Waals surface area contributed by atoms with E-state index in [4.69, 9.17) is 11.6 Å². The van der Waals surface area contributed by atoms with Gasteiger partial charge in [0.05, 0.1) is 0 Å². The number of piperidine rings is 1. The number of rotatable bonds is 3. The van der Waals surface area contributed by atoms with Crippen LogP contribution in [0.4, 0.5) is 0 Å². The lowest BCUT2D eigenvalue weighted by Gasteiger charge is -2.23. The number of hydrogen-bond acceptors (Lipinski definition) is 4. The molecule has 2 N–H and O–H groups in total. The van der Waals surface area contributed by atoms with E-state index in [9.17, 15) is 8.42 Å². The topological polar surface area (TPSA) is 58.2 Å². The minimum atomic E-state index is -3.52. The molecule has 1 aliphatic heterocycles. The first-order valence-electron chi connectivity index (χ1n) is 6.89. The number of hydrogen-bond donors (Lipinski definition) is 2. The van der Waals surface area contributed by atoms with E-state index in [0.717, 1.165) is 35.5 Å². The molecule has 0 bridgehead atoms. The van der Waals surface area contributed by atoms with Gasteiger partial charge in [-0.05, 0) is 51.1 Å². The van der Waals surface area contributed by atoms with Gasteiger partial charge in [0, 0.05) is 26.0 Å². The molecule has 1 aliphatic rings. The summed E-state index contributed by atoms with van der Waals surface area (Å²) in [4.78, 5) is 1.18. The lowest BCUT2D eigenvalue weighted by molar-refractivity contribution is 0.427. The lowest BCUT2D eigenvalue weighted by atomic mass is 10.1. The van der Waals surface area contributed by atoms with Crippen molar-refractivity contribution in [2.45, 2.75) is 30.7 Å². The van der Waals surface area contributed by atoms with Gasteiger partial charge in [0.25, 0.3) is 0 Å². The van der Waals surface area contributed by atoms with Crippen LogP contribution in [-0.4, -0.2) is 27.5 Å². The van der Waals surface area contributed by atoms with Crippen LogP contribution in [0.1, 0.15) is 17.7 Å². The van der Waals surface area contributed by atoms with Crippen molar-refractivity contribution in [3.05, 3.63) is 28.1 Å². The Kier molecular flexibility index (Phi) is 4.25. The first-order valence-corrected chi connectivity index (χ1v) is 9.57. The van der Waals surface area contributed by atoms with Crippen LogP contribution in [0, 0.1) is 6.92 Å². The normalized spacial score (nSPS) is 17.4. The summed E-state index contributed by atoms with van der Waals surface area (Å²) < 4.78 is 29.3. The standard InChI is InChI=1S/C14H17ClN2O2S2/c1-9-14(12-8-10(15)2-3-13(12)20-9)21(18,19)17-11-4-6-16-7-5-11/h2-3,8,11,16-17H,4-7H2,1H3. The van der Waals surface area contributed by atoms with Gasteiger partial charge in [-0.3, -0.25) is 0 Å². The number of benzene rings is 1. The van der Waals surface area contributed by atoms with E-state index in [0.29, 0.717) is 15.3 Å². The Bertz CT molecular complexity index is 765. The van der Waals surface area contributed by atoms with Crippen LogP contribution in [0.25, 0.3) is 10.1 Å². The first kappa shape index (κ1) is 15.2. The SMILES string of the molecule is Cc1sc2ccc(Cl)cc2c1S(=O)(=O)NC1CCNCC1. The Labute approximate surface area is 133 Å². The summed E-state index contributed by atoms with van der Waals surface area (Å²) >= 11 is 7.51. The van der Waals surface area contributed by atoms with E-state index in [1.165, 1.54) is 11.3 Å². The zero-order valence-electron chi connectivity index (χ0n) is 11.6. The fourth-order valence-corrected chi connectivity index (χ4v) is 5.98. The van der Waals surface area contributed by atoms with Gasteiger partial charge in [0.2, 0.25) is 10.0 Å². The summed E-state index contributed by atoms with van der Waals surface area (Å²) in [6, 6.07) is 5.40. The highest BCUT2D eigenvalue weighted by Crippen LogP contribution is 2.35. The molecule has 1 fully saturated rings.